The molecule has 0 aromatic carbocycles. The Balaban J connectivity index is 2.45. The standard InChI is InChI=1S/C6H14N2O2S/c1-8-4-2-3-7-6(5-8)11(9)10/h6-7H,2-5H2,1H3,(H,9,10)/p-1. The summed E-state index contributed by atoms with van der Waals surface area (Å²) in [6.07, 6.45) is 1.02. The Morgan fingerprint density at radius 2 is 2.45 bits per heavy atom. The van der Waals surface area contributed by atoms with Gasteiger partial charge >= 0.3 is 0 Å². The lowest BCUT2D eigenvalue weighted by molar-refractivity contribution is 0.344. The lowest BCUT2D eigenvalue weighted by Crippen LogP contribution is -2.39. The third kappa shape index (κ3) is 2.86. The molecule has 0 saturated carbocycles. The van der Waals surface area contributed by atoms with Gasteiger partial charge in [-0.05, 0) is 37.6 Å². The highest BCUT2D eigenvalue weighted by atomic mass is 32.2. The van der Waals surface area contributed by atoms with E-state index in [-0.39, 0.29) is 5.37 Å². The van der Waals surface area contributed by atoms with Crippen LogP contribution in [0.5, 0.6) is 0 Å². The van der Waals surface area contributed by atoms with Crippen LogP contribution < -0.4 is 5.32 Å². The normalized spacial score (nSPS) is 31.3. The fourth-order valence-electron chi connectivity index (χ4n) is 1.18. The molecule has 2 atom stereocenters. The molecule has 1 N–H and O–H groups in total. The molecule has 11 heavy (non-hydrogen) atoms. The Morgan fingerprint density at radius 1 is 1.73 bits per heavy atom. The Bertz CT molecular complexity index is 154. The van der Waals surface area contributed by atoms with Crippen molar-refractivity contribution in [2.45, 2.75) is 11.8 Å². The minimum Gasteiger partial charge on any atom is -0.771 e. The summed E-state index contributed by atoms with van der Waals surface area (Å²) < 4.78 is 21.1. The average Bonchev–Trinajstić information content (AvgIpc) is 2.13. The van der Waals surface area contributed by atoms with Crippen LogP contribution >= 0.6 is 0 Å². The number of nitrogens with one attached hydrogen (secondary N) is 1. The molecule has 1 fully saturated rings. The summed E-state index contributed by atoms with van der Waals surface area (Å²) in [6, 6.07) is 0. The van der Waals surface area contributed by atoms with Crippen LogP contribution in [0, 0.1) is 0 Å². The molecule has 1 rings (SSSR count). The number of nitrogens with zero attached hydrogens (tertiary/aromatic N) is 1. The van der Waals surface area contributed by atoms with Gasteiger partial charge in [0.15, 0.2) is 0 Å². The maximum absolute atomic E-state index is 10.6. The topological polar surface area (TPSA) is 55.4 Å². The predicted octanol–water partition coefficient (Wildman–Crippen LogP) is -0.883. The maximum Gasteiger partial charge on any atom is 0.0830 e. The van der Waals surface area contributed by atoms with Gasteiger partial charge < -0.3 is 14.8 Å². The highest BCUT2D eigenvalue weighted by Gasteiger charge is 2.14. The quantitative estimate of drug-likeness (QED) is 0.528. The van der Waals surface area contributed by atoms with Gasteiger partial charge in [-0.2, -0.15) is 0 Å². The Labute approximate surface area is 69.2 Å². The minimum absolute atomic E-state index is 0.387. The summed E-state index contributed by atoms with van der Waals surface area (Å²) in [5.41, 5.74) is 0. The van der Waals surface area contributed by atoms with Crippen molar-refractivity contribution in [1.82, 2.24) is 10.2 Å². The molecule has 0 aromatic rings. The third-order valence-corrected chi connectivity index (χ3v) is 2.58. The largest absolute Gasteiger partial charge is 0.771 e. The molecular formula is C6H13N2O2S-. The SMILES string of the molecule is CN1CCCNC(S(=O)[O-])C1. The zero-order chi connectivity index (χ0) is 8.27. The molecule has 2 unspecified atom stereocenters. The van der Waals surface area contributed by atoms with Crippen LogP contribution in [0.2, 0.25) is 0 Å². The number of hydrogen-bond donors (Lipinski definition) is 1. The Hall–Kier alpha value is 0.0300. The molecule has 1 aliphatic rings. The summed E-state index contributed by atoms with van der Waals surface area (Å²) in [5, 5.41) is 2.57. The molecule has 4 nitrogen and oxygen atoms in total. The van der Waals surface area contributed by atoms with Crippen LogP contribution in [0.25, 0.3) is 0 Å². The molecule has 0 aromatic heterocycles. The predicted molar refractivity (Wildman–Crippen MR) is 42.8 cm³/mol. The lowest BCUT2D eigenvalue weighted by atomic mass is 10.4. The first kappa shape index (κ1) is 9.12. The van der Waals surface area contributed by atoms with Gasteiger partial charge in [0.2, 0.25) is 0 Å². The average molecular weight is 177 g/mol. The fraction of sp³-hybridized carbons (Fsp3) is 1.00. The molecule has 0 amide bonds. The lowest BCUT2D eigenvalue weighted by Gasteiger charge is -2.22. The monoisotopic (exact) mass is 177 g/mol. The number of likely N-dealkylation sites (N-methyl/N-ethyl adjacent to an activating group) is 1. The van der Waals surface area contributed by atoms with Crippen molar-refractivity contribution in [3.05, 3.63) is 0 Å². The van der Waals surface area contributed by atoms with E-state index < -0.39 is 11.1 Å². The second-order valence-corrected chi connectivity index (χ2v) is 3.91. The first-order chi connectivity index (χ1) is 5.20. The number of rotatable bonds is 1. The summed E-state index contributed by atoms with van der Waals surface area (Å²) in [4.78, 5) is 2.03. The first-order valence-electron chi connectivity index (χ1n) is 3.70. The van der Waals surface area contributed by atoms with Gasteiger partial charge in [-0.15, -0.1) is 0 Å². The van der Waals surface area contributed by atoms with E-state index in [1.165, 1.54) is 0 Å². The van der Waals surface area contributed by atoms with Crippen molar-refractivity contribution < 1.29 is 8.76 Å². The zero-order valence-electron chi connectivity index (χ0n) is 6.58. The van der Waals surface area contributed by atoms with E-state index in [9.17, 15) is 8.76 Å². The van der Waals surface area contributed by atoms with Gasteiger partial charge in [-0.3, -0.25) is 4.21 Å². The maximum atomic E-state index is 10.6. The van der Waals surface area contributed by atoms with Gasteiger partial charge in [0.25, 0.3) is 0 Å². The highest BCUT2D eigenvalue weighted by Crippen LogP contribution is 1.99. The molecular weight excluding hydrogens is 164 g/mol. The van der Waals surface area contributed by atoms with E-state index in [1.807, 2.05) is 11.9 Å². The van der Waals surface area contributed by atoms with Crippen LogP contribution in [0.1, 0.15) is 6.42 Å². The van der Waals surface area contributed by atoms with Crippen LogP contribution in [-0.2, 0) is 11.1 Å². The Kier molecular flexibility index (Phi) is 3.45. The van der Waals surface area contributed by atoms with Gasteiger partial charge in [-0.1, -0.05) is 0 Å². The van der Waals surface area contributed by atoms with Crippen LogP contribution in [-0.4, -0.2) is 45.7 Å². The molecule has 66 valence electrons. The summed E-state index contributed by atoms with van der Waals surface area (Å²) in [6.45, 7) is 2.36. The van der Waals surface area contributed by atoms with E-state index in [0.717, 1.165) is 19.5 Å². The van der Waals surface area contributed by atoms with Crippen molar-refractivity contribution in [2.75, 3.05) is 26.7 Å². The highest BCUT2D eigenvalue weighted by molar-refractivity contribution is 7.79. The molecule has 1 heterocycles. The van der Waals surface area contributed by atoms with Gasteiger partial charge in [0.1, 0.15) is 0 Å². The van der Waals surface area contributed by atoms with Crippen LogP contribution in [0.3, 0.4) is 0 Å². The van der Waals surface area contributed by atoms with E-state index in [0.29, 0.717) is 6.54 Å². The summed E-state index contributed by atoms with van der Waals surface area (Å²) in [7, 11) is 1.94. The van der Waals surface area contributed by atoms with Gasteiger partial charge in [-0.25, -0.2) is 0 Å². The Morgan fingerprint density at radius 3 is 3.09 bits per heavy atom. The van der Waals surface area contributed by atoms with Crippen molar-refractivity contribution in [3.8, 4) is 0 Å². The fourth-order valence-corrected chi connectivity index (χ4v) is 1.81. The first-order valence-corrected chi connectivity index (χ1v) is 4.84. The minimum atomic E-state index is -1.99. The van der Waals surface area contributed by atoms with E-state index >= 15 is 0 Å². The summed E-state index contributed by atoms with van der Waals surface area (Å²) in [5.74, 6) is 0. The van der Waals surface area contributed by atoms with Crippen LogP contribution in [0.15, 0.2) is 0 Å². The smallest absolute Gasteiger partial charge is 0.0830 e. The number of hydrogen-bond acceptors (Lipinski definition) is 4. The van der Waals surface area contributed by atoms with E-state index in [2.05, 4.69) is 5.32 Å². The molecule has 0 bridgehead atoms. The van der Waals surface area contributed by atoms with E-state index in [4.69, 9.17) is 0 Å². The molecule has 0 aliphatic carbocycles. The van der Waals surface area contributed by atoms with E-state index in [1.54, 1.807) is 0 Å². The van der Waals surface area contributed by atoms with Crippen molar-refractivity contribution in [3.63, 3.8) is 0 Å². The molecule has 0 radical (unpaired) electrons. The van der Waals surface area contributed by atoms with Gasteiger partial charge in [0.05, 0.1) is 5.37 Å². The molecule has 1 aliphatic heterocycles. The van der Waals surface area contributed by atoms with Crippen molar-refractivity contribution >= 4 is 11.1 Å². The molecule has 1 saturated heterocycles. The third-order valence-electron chi connectivity index (χ3n) is 1.80. The molecule has 5 heteroatoms. The van der Waals surface area contributed by atoms with Crippen LogP contribution in [0.4, 0.5) is 0 Å². The van der Waals surface area contributed by atoms with Crippen molar-refractivity contribution in [1.29, 1.82) is 0 Å². The zero-order valence-corrected chi connectivity index (χ0v) is 7.39. The molecule has 0 spiro atoms. The summed E-state index contributed by atoms with van der Waals surface area (Å²) >= 11 is -1.99. The second-order valence-electron chi connectivity index (χ2n) is 2.82. The second kappa shape index (κ2) is 4.15. The van der Waals surface area contributed by atoms with Gasteiger partial charge in [0, 0.05) is 6.54 Å². The van der Waals surface area contributed by atoms with Crippen molar-refractivity contribution in [2.24, 2.45) is 0 Å².